The quantitative estimate of drug-likeness (QED) is 0.135. The van der Waals surface area contributed by atoms with E-state index in [-0.39, 0.29) is 41.0 Å². The van der Waals surface area contributed by atoms with Gasteiger partial charge in [-0.15, -0.1) is 0 Å². The normalized spacial score (nSPS) is 17.5. The number of ether oxygens (including phenoxy) is 3. The Bertz CT molecular complexity index is 2400. The van der Waals surface area contributed by atoms with Crippen molar-refractivity contribution in [3.05, 3.63) is 81.0 Å². The highest BCUT2D eigenvalue weighted by molar-refractivity contribution is 6.37. The van der Waals surface area contributed by atoms with Crippen LogP contribution >= 0.6 is 23.2 Å². The molecule has 16 nitrogen and oxygen atoms in total. The second kappa shape index (κ2) is 16.9. The standard InChI is InChI=1S/C40H38Cl2N8O8/c1-56-30-18-28(25(41)16-26(30)42)46-36-21(19-43)20-45-27-17-32(31(57-2)15-24(27)36)58-14-4-9-48-10-12-49(13-11-48)40(55)35(44)22-5-3-6-23-34(22)39(54)50(38(23)53)29-7-8-33(51)47-37(29)52/h3,5-6,15-18,20,29,35H,4,7-14,44H2,1-2H3,(H,45,46)(H,47,51,52). The number of nitrogens with zero attached hydrogens (tertiary/aromatic N) is 5. The Morgan fingerprint density at radius 2 is 1.78 bits per heavy atom. The number of rotatable bonds is 12. The number of nitrogens with two attached hydrogens (primary N) is 1. The summed E-state index contributed by atoms with van der Waals surface area (Å²) < 4.78 is 17.2. The van der Waals surface area contributed by atoms with Gasteiger partial charge >= 0.3 is 0 Å². The van der Waals surface area contributed by atoms with Gasteiger partial charge in [-0.1, -0.05) is 35.3 Å². The molecular weight excluding hydrogens is 791 g/mol. The number of pyridine rings is 1. The van der Waals surface area contributed by atoms with E-state index >= 15 is 0 Å². The van der Waals surface area contributed by atoms with Gasteiger partial charge < -0.3 is 30.2 Å². The molecule has 3 aromatic carbocycles. The van der Waals surface area contributed by atoms with Crippen LogP contribution in [0.4, 0.5) is 11.4 Å². The fraction of sp³-hybridized carbons (Fsp3) is 0.325. The molecule has 4 heterocycles. The number of methoxy groups -OCH3 is 2. The molecule has 0 spiro atoms. The summed E-state index contributed by atoms with van der Waals surface area (Å²) in [6.07, 6.45) is 2.14. The number of fused-ring (bicyclic) bond motifs is 2. The number of halogens is 2. The highest BCUT2D eigenvalue weighted by atomic mass is 35.5. The Kier molecular flexibility index (Phi) is 11.7. The number of carbonyl (C=O) groups excluding carboxylic acids is 5. The van der Waals surface area contributed by atoms with Gasteiger partial charge in [-0.2, -0.15) is 5.26 Å². The number of carbonyl (C=O) groups is 5. The van der Waals surface area contributed by atoms with Gasteiger partial charge in [-0.25, -0.2) is 0 Å². The molecule has 2 atom stereocenters. The fourth-order valence-corrected chi connectivity index (χ4v) is 7.91. The molecule has 1 aromatic heterocycles. The van der Waals surface area contributed by atoms with Crippen molar-refractivity contribution in [2.75, 3.05) is 58.9 Å². The molecule has 0 bridgehead atoms. The van der Waals surface area contributed by atoms with Crippen LogP contribution in [-0.4, -0.2) is 109 Å². The Hall–Kier alpha value is -5.99. The van der Waals surface area contributed by atoms with Crippen molar-refractivity contribution in [2.24, 2.45) is 5.73 Å². The van der Waals surface area contributed by atoms with Gasteiger partial charge in [-0.3, -0.25) is 44.1 Å². The Morgan fingerprint density at radius 3 is 2.48 bits per heavy atom. The number of amides is 5. The molecule has 0 saturated carbocycles. The third-order valence-electron chi connectivity index (χ3n) is 10.4. The Labute approximate surface area is 342 Å². The van der Waals surface area contributed by atoms with Crippen molar-refractivity contribution in [1.82, 2.24) is 25.0 Å². The second-order valence-electron chi connectivity index (χ2n) is 13.8. The first-order chi connectivity index (χ1) is 27.9. The van der Waals surface area contributed by atoms with Gasteiger partial charge in [0.15, 0.2) is 11.5 Å². The Morgan fingerprint density at radius 1 is 1.02 bits per heavy atom. The van der Waals surface area contributed by atoms with E-state index in [4.69, 9.17) is 43.1 Å². The van der Waals surface area contributed by atoms with Crippen molar-refractivity contribution in [3.63, 3.8) is 0 Å². The fourth-order valence-electron chi connectivity index (χ4n) is 7.40. The van der Waals surface area contributed by atoms with Crippen LogP contribution in [0.3, 0.4) is 0 Å². The molecule has 3 aliphatic heterocycles. The van der Waals surface area contributed by atoms with E-state index in [1.165, 1.54) is 26.5 Å². The van der Waals surface area contributed by atoms with E-state index in [1.54, 1.807) is 41.3 Å². The SMILES string of the molecule is COc1cc(Nc2c(C#N)cnc3cc(OCCCN4CCN(C(=O)C(N)c5cccc6c5C(=O)N(C5CCC(=O)NC5=O)C6=O)CC4)c(OC)cc23)c(Cl)cc1Cl. The summed E-state index contributed by atoms with van der Waals surface area (Å²) in [5, 5.41) is 16.6. The van der Waals surface area contributed by atoms with Crippen LogP contribution in [0.5, 0.6) is 17.2 Å². The van der Waals surface area contributed by atoms with Crippen LogP contribution in [-0.2, 0) is 14.4 Å². The predicted octanol–water partition coefficient (Wildman–Crippen LogP) is 4.19. The van der Waals surface area contributed by atoms with E-state index in [0.717, 1.165) is 4.90 Å². The lowest BCUT2D eigenvalue weighted by Crippen LogP contribution is -2.54. The van der Waals surface area contributed by atoms with Crippen LogP contribution in [0.15, 0.2) is 48.7 Å². The molecule has 4 aromatic rings. The summed E-state index contributed by atoms with van der Waals surface area (Å²) in [6, 6.07) is 11.1. The molecule has 18 heteroatoms. The van der Waals surface area contributed by atoms with E-state index in [1.807, 2.05) is 0 Å². The molecule has 2 unspecified atom stereocenters. The maximum Gasteiger partial charge on any atom is 0.262 e. The minimum atomic E-state index is -1.21. The molecule has 2 saturated heterocycles. The number of imide groups is 2. The zero-order chi connectivity index (χ0) is 41.2. The third kappa shape index (κ3) is 7.69. The number of aromatic nitrogens is 1. The summed E-state index contributed by atoms with van der Waals surface area (Å²) >= 11 is 12.7. The Balaban J connectivity index is 0.949. The number of piperidine rings is 1. The molecule has 0 aliphatic carbocycles. The predicted molar refractivity (Wildman–Crippen MR) is 212 cm³/mol. The summed E-state index contributed by atoms with van der Waals surface area (Å²) in [6.45, 7) is 3.00. The van der Waals surface area contributed by atoms with Crippen LogP contribution in [0, 0.1) is 11.3 Å². The van der Waals surface area contributed by atoms with Crippen molar-refractivity contribution in [3.8, 4) is 23.3 Å². The largest absolute Gasteiger partial charge is 0.495 e. The first-order valence-corrected chi connectivity index (χ1v) is 19.1. The first kappa shape index (κ1) is 40.2. The number of nitriles is 1. The third-order valence-corrected chi connectivity index (χ3v) is 11.0. The number of nitrogens with one attached hydrogen (secondary N) is 2. The molecular formula is C40H38Cl2N8O8. The summed E-state index contributed by atoms with van der Waals surface area (Å²) in [4.78, 5) is 73.8. The van der Waals surface area contributed by atoms with E-state index in [2.05, 4.69) is 26.6 Å². The lowest BCUT2D eigenvalue weighted by molar-refractivity contribution is -0.136. The molecule has 7 rings (SSSR count). The molecule has 5 amide bonds. The van der Waals surface area contributed by atoms with Crippen molar-refractivity contribution in [2.45, 2.75) is 31.3 Å². The van der Waals surface area contributed by atoms with Gasteiger partial charge in [0.05, 0.1) is 64.5 Å². The minimum absolute atomic E-state index is 0.00318. The van der Waals surface area contributed by atoms with Gasteiger partial charge in [0.25, 0.3) is 11.8 Å². The van der Waals surface area contributed by atoms with E-state index in [9.17, 15) is 29.2 Å². The highest BCUT2D eigenvalue weighted by Gasteiger charge is 2.46. The van der Waals surface area contributed by atoms with Crippen molar-refractivity contribution >= 4 is 75.0 Å². The zero-order valence-electron chi connectivity index (χ0n) is 31.5. The van der Waals surface area contributed by atoms with E-state index < -0.39 is 35.7 Å². The molecule has 300 valence electrons. The van der Waals surface area contributed by atoms with Crippen LogP contribution in [0.1, 0.15) is 57.1 Å². The summed E-state index contributed by atoms with van der Waals surface area (Å²) in [7, 11) is 3.01. The first-order valence-electron chi connectivity index (χ1n) is 18.4. The second-order valence-corrected chi connectivity index (χ2v) is 14.6. The average molecular weight is 830 g/mol. The highest BCUT2D eigenvalue weighted by Crippen LogP contribution is 2.41. The molecule has 3 aliphatic rings. The van der Waals surface area contributed by atoms with Gasteiger partial charge in [0, 0.05) is 62.9 Å². The van der Waals surface area contributed by atoms with Gasteiger partial charge in [-0.05, 0) is 36.6 Å². The van der Waals surface area contributed by atoms with Gasteiger partial charge in [0.1, 0.15) is 23.9 Å². The topological polar surface area (TPSA) is 210 Å². The number of piperazine rings is 1. The number of hydrogen-bond donors (Lipinski definition) is 3. The van der Waals surface area contributed by atoms with Crippen LogP contribution < -0.4 is 30.6 Å². The number of anilines is 2. The zero-order valence-corrected chi connectivity index (χ0v) is 33.0. The van der Waals surface area contributed by atoms with E-state index in [0.29, 0.717) is 95.3 Å². The van der Waals surface area contributed by atoms with Gasteiger partial charge in [0.2, 0.25) is 17.7 Å². The molecule has 2 fully saturated rings. The monoisotopic (exact) mass is 828 g/mol. The average Bonchev–Trinajstić information content (AvgIpc) is 3.48. The number of benzene rings is 3. The lowest BCUT2D eigenvalue weighted by Gasteiger charge is -2.36. The smallest absolute Gasteiger partial charge is 0.262 e. The lowest BCUT2D eigenvalue weighted by atomic mass is 9.96. The molecule has 4 N–H and O–H groups in total. The maximum atomic E-state index is 13.6. The van der Waals surface area contributed by atoms with Crippen molar-refractivity contribution in [1.29, 1.82) is 5.26 Å². The van der Waals surface area contributed by atoms with Crippen molar-refractivity contribution < 1.29 is 38.2 Å². The summed E-state index contributed by atoms with van der Waals surface area (Å²) in [5.74, 6) is -1.63. The molecule has 58 heavy (non-hydrogen) atoms. The maximum absolute atomic E-state index is 13.6. The summed E-state index contributed by atoms with van der Waals surface area (Å²) in [5.41, 5.74) is 8.53. The molecule has 0 radical (unpaired) electrons. The van der Waals surface area contributed by atoms with Crippen LogP contribution in [0.2, 0.25) is 10.0 Å². The number of hydrogen-bond acceptors (Lipinski definition) is 13. The van der Waals surface area contributed by atoms with Crippen LogP contribution in [0.25, 0.3) is 10.9 Å². The minimum Gasteiger partial charge on any atom is -0.495 e.